The maximum absolute atomic E-state index is 14.4. The monoisotopic (exact) mass is 493 g/mol. The molecule has 0 bridgehead atoms. The van der Waals surface area contributed by atoms with E-state index in [0.717, 1.165) is 17.4 Å². The largest absolute Gasteiger partial charge is 0.419 e. The molecule has 34 heavy (non-hydrogen) atoms. The van der Waals surface area contributed by atoms with E-state index in [1.54, 1.807) is 12.1 Å². The van der Waals surface area contributed by atoms with Gasteiger partial charge in [-0.15, -0.1) is 11.3 Å². The number of piperidine rings is 1. The predicted molar refractivity (Wildman–Crippen MR) is 119 cm³/mol. The quantitative estimate of drug-likeness (QED) is 0.516. The number of nitrogens with two attached hydrogens (primary N) is 1. The Balaban J connectivity index is 1.42. The third-order valence-electron chi connectivity index (χ3n) is 5.54. The Morgan fingerprint density at radius 2 is 1.88 bits per heavy atom. The van der Waals surface area contributed by atoms with Gasteiger partial charge in [-0.25, -0.2) is 14.4 Å². The molecule has 2 aromatic heterocycles. The van der Waals surface area contributed by atoms with Crippen LogP contribution in [0.4, 0.5) is 28.5 Å². The molecule has 0 saturated carbocycles. The highest BCUT2D eigenvalue weighted by Gasteiger charge is 2.35. The minimum atomic E-state index is -4.83. The number of hydrogen-bond donors (Lipinski definition) is 2. The minimum Gasteiger partial charge on any atom is -0.369 e. The summed E-state index contributed by atoms with van der Waals surface area (Å²) in [5.41, 5.74) is 3.89. The number of nitrogens with zero attached hydrogens (tertiary/aromatic N) is 3. The molecule has 178 valence electrons. The first-order chi connectivity index (χ1) is 16.1. The second-order valence-electron chi connectivity index (χ2n) is 7.73. The third kappa shape index (κ3) is 5.01. The van der Waals surface area contributed by atoms with Crippen molar-refractivity contribution in [1.82, 2.24) is 9.97 Å². The van der Waals surface area contributed by atoms with E-state index in [-0.39, 0.29) is 33.8 Å². The first-order valence-corrected chi connectivity index (χ1v) is 11.1. The van der Waals surface area contributed by atoms with Gasteiger partial charge in [-0.05, 0) is 37.1 Å². The SMILES string of the molecule is NC(=O)C1CCN(c2ccc(C(=O)Nc3nc(-c4cccc(C(F)(F)F)c4F)cs3)cn2)CC1. The molecule has 0 aliphatic carbocycles. The number of carbonyl (C=O) groups excluding carboxylic acids is 2. The normalized spacial score (nSPS) is 14.8. The number of carbonyl (C=O) groups is 2. The van der Waals surface area contributed by atoms with Gasteiger partial charge in [-0.3, -0.25) is 14.9 Å². The molecular formula is C22H19F4N5O2S. The van der Waals surface area contributed by atoms with Crippen LogP contribution in [0.15, 0.2) is 41.9 Å². The number of rotatable bonds is 5. The van der Waals surface area contributed by atoms with Crippen LogP contribution in [0.2, 0.25) is 0 Å². The Morgan fingerprint density at radius 1 is 1.15 bits per heavy atom. The van der Waals surface area contributed by atoms with Crippen LogP contribution in [0, 0.1) is 11.7 Å². The molecule has 0 unspecified atom stereocenters. The summed E-state index contributed by atoms with van der Waals surface area (Å²) >= 11 is 0.960. The molecule has 0 atom stereocenters. The molecule has 1 aliphatic rings. The van der Waals surface area contributed by atoms with Crippen molar-refractivity contribution >= 4 is 34.1 Å². The molecule has 3 aromatic rings. The second kappa shape index (κ2) is 9.37. The number of pyridine rings is 1. The Morgan fingerprint density at radius 3 is 2.50 bits per heavy atom. The van der Waals surface area contributed by atoms with Crippen molar-refractivity contribution in [2.75, 3.05) is 23.3 Å². The lowest BCUT2D eigenvalue weighted by Gasteiger charge is -2.31. The van der Waals surface area contributed by atoms with Gasteiger partial charge >= 0.3 is 6.18 Å². The number of aromatic nitrogens is 2. The Kier molecular flexibility index (Phi) is 6.51. The second-order valence-corrected chi connectivity index (χ2v) is 8.58. The molecule has 2 amide bonds. The van der Waals surface area contributed by atoms with Crippen molar-refractivity contribution in [3.8, 4) is 11.3 Å². The fraction of sp³-hybridized carbons (Fsp3) is 0.273. The summed E-state index contributed by atoms with van der Waals surface area (Å²) in [5.74, 6) is -1.72. The average molecular weight is 493 g/mol. The number of benzene rings is 1. The van der Waals surface area contributed by atoms with Gasteiger partial charge in [-0.1, -0.05) is 6.07 Å². The van der Waals surface area contributed by atoms with E-state index in [1.807, 2.05) is 4.90 Å². The van der Waals surface area contributed by atoms with E-state index in [1.165, 1.54) is 17.6 Å². The lowest BCUT2D eigenvalue weighted by atomic mass is 9.96. The number of thiazole rings is 1. The Bertz CT molecular complexity index is 1200. The number of anilines is 2. The average Bonchev–Trinajstić information content (AvgIpc) is 3.26. The maximum Gasteiger partial charge on any atom is 0.419 e. The number of alkyl halides is 3. The molecule has 7 nitrogen and oxygen atoms in total. The highest BCUT2D eigenvalue weighted by Crippen LogP contribution is 2.36. The fourth-order valence-corrected chi connectivity index (χ4v) is 4.38. The Labute approximate surface area is 195 Å². The lowest BCUT2D eigenvalue weighted by molar-refractivity contribution is -0.139. The van der Waals surface area contributed by atoms with Gasteiger partial charge < -0.3 is 10.6 Å². The first-order valence-electron chi connectivity index (χ1n) is 10.3. The van der Waals surface area contributed by atoms with Gasteiger partial charge in [0, 0.05) is 36.1 Å². The van der Waals surface area contributed by atoms with Crippen molar-refractivity contribution < 1.29 is 27.2 Å². The van der Waals surface area contributed by atoms with Gasteiger partial charge in [0.25, 0.3) is 5.91 Å². The van der Waals surface area contributed by atoms with E-state index in [0.29, 0.717) is 37.8 Å². The lowest BCUT2D eigenvalue weighted by Crippen LogP contribution is -2.38. The summed E-state index contributed by atoms with van der Waals surface area (Å²) in [4.78, 5) is 34.2. The van der Waals surface area contributed by atoms with Crippen LogP contribution in [0.5, 0.6) is 0 Å². The number of hydrogen-bond acceptors (Lipinski definition) is 6. The van der Waals surface area contributed by atoms with E-state index >= 15 is 0 Å². The maximum atomic E-state index is 14.4. The van der Waals surface area contributed by atoms with E-state index in [2.05, 4.69) is 15.3 Å². The van der Waals surface area contributed by atoms with E-state index in [9.17, 15) is 27.2 Å². The molecule has 1 saturated heterocycles. The van der Waals surface area contributed by atoms with Crippen LogP contribution in [-0.4, -0.2) is 34.9 Å². The smallest absolute Gasteiger partial charge is 0.369 e. The number of nitrogens with one attached hydrogen (secondary N) is 1. The standard InChI is InChI=1S/C22H19F4N5O2S/c23-18-14(2-1-3-15(18)22(24,25)26)16-11-34-21(29-16)30-20(33)13-4-5-17(28-10-13)31-8-6-12(7-9-31)19(27)32/h1-5,10-12H,6-9H2,(H2,27,32)(H,29,30,33). The summed E-state index contributed by atoms with van der Waals surface area (Å²) < 4.78 is 53.3. The third-order valence-corrected chi connectivity index (χ3v) is 6.29. The van der Waals surface area contributed by atoms with Crippen LogP contribution in [-0.2, 0) is 11.0 Å². The van der Waals surface area contributed by atoms with Gasteiger partial charge in [0.05, 0.1) is 16.8 Å². The predicted octanol–water partition coefficient (Wildman–Crippen LogP) is 4.32. The molecule has 0 spiro atoms. The minimum absolute atomic E-state index is 0.0169. The topological polar surface area (TPSA) is 101 Å². The number of halogens is 4. The fourth-order valence-electron chi connectivity index (χ4n) is 3.67. The molecule has 0 radical (unpaired) electrons. The Hall–Kier alpha value is -3.54. The van der Waals surface area contributed by atoms with Crippen molar-refractivity contribution in [1.29, 1.82) is 0 Å². The molecule has 12 heteroatoms. The molecular weight excluding hydrogens is 474 g/mol. The summed E-state index contributed by atoms with van der Waals surface area (Å²) in [5, 5.41) is 4.02. The van der Waals surface area contributed by atoms with Crippen molar-refractivity contribution in [2.45, 2.75) is 19.0 Å². The highest BCUT2D eigenvalue weighted by molar-refractivity contribution is 7.14. The highest BCUT2D eigenvalue weighted by atomic mass is 32.1. The summed E-state index contributed by atoms with van der Waals surface area (Å²) in [6, 6.07) is 6.22. The van der Waals surface area contributed by atoms with Crippen LogP contribution in [0.25, 0.3) is 11.3 Å². The molecule has 1 aromatic carbocycles. The van der Waals surface area contributed by atoms with Crippen LogP contribution < -0.4 is 16.0 Å². The van der Waals surface area contributed by atoms with Crippen molar-refractivity contribution in [3.63, 3.8) is 0 Å². The van der Waals surface area contributed by atoms with Gasteiger partial charge in [0.2, 0.25) is 5.91 Å². The van der Waals surface area contributed by atoms with E-state index in [4.69, 9.17) is 5.73 Å². The van der Waals surface area contributed by atoms with Crippen molar-refractivity contribution in [3.05, 3.63) is 58.9 Å². The summed E-state index contributed by atoms with van der Waals surface area (Å²) in [7, 11) is 0. The zero-order chi connectivity index (χ0) is 24.5. The van der Waals surface area contributed by atoms with Crippen LogP contribution >= 0.6 is 11.3 Å². The number of primary amides is 1. The number of amides is 2. The molecule has 1 aliphatic heterocycles. The zero-order valence-corrected chi connectivity index (χ0v) is 18.4. The molecule has 3 heterocycles. The summed E-state index contributed by atoms with van der Waals surface area (Å²) in [6.07, 6.45) is -2.16. The van der Waals surface area contributed by atoms with Gasteiger partial charge in [0.15, 0.2) is 5.13 Å². The van der Waals surface area contributed by atoms with Crippen molar-refractivity contribution in [2.24, 2.45) is 11.7 Å². The van der Waals surface area contributed by atoms with Crippen LogP contribution in [0.1, 0.15) is 28.8 Å². The van der Waals surface area contributed by atoms with Crippen LogP contribution in [0.3, 0.4) is 0 Å². The van der Waals surface area contributed by atoms with Gasteiger partial charge in [0.1, 0.15) is 11.6 Å². The van der Waals surface area contributed by atoms with Gasteiger partial charge in [-0.2, -0.15) is 13.2 Å². The first kappa shape index (κ1) is 23.6. The molecule has 1 fully saturated rings. The van der Waals surface area contributed by atoms with E-state index < -0.39 is 23.5 Å². The summed E-state index contributed by atoms with van der Waals surface area (Å²) in [6.45, 7) is 1.25. The molecule has 4 rings (SSSR count). The molecule has 3 N–H and O–H groups in total. The zero-order valence-electron chi connectivity index (χ0n) is 17.6.